The molecule has 0 fully saturated rings. The Morgan fingerprint density at radius 3 is 2.36 bits per heavy atom. The largest absolute Gasteiger partial charge is 1.00 e. The molecule has 0 aromatic carbocycles. The van der Waals surface area contributed by atoms with Gasteiger partial charge in [0.25, 0.3) is 0 Å². The standard InChI is InChI=1S/C8H12NO.ClH/c1-10-8-7-9-5-3-2-4-6-9;/h2-6H,7-8H2,1H3;1H/q+1;/p-1. The van der Waals surface area contributed by atoms with Gasteiger partial charge in [0.05, 0.1) is 0 Å². The van der Waals surface area contributed by atoms with Crippen molar-refractivity contribution in [2.75, 3.05) is 13.7 Å². The van der Waals surface area contributed by atoms with Gasteiger partial charge in [-0.2, -0.15) is 0 Å². The van der Waals surface area contributed by atoms with Crippen LogP contribution in [0.1, 0.15) is 0 Å². The SMILES string of the molecule is COCC[n+]1ccccc1.[Cl-]. The third-order valence-corrected chi connectivity index (χ3v) is 1.33. The highest BCUT2D eigenvalue weighted by Gasteiger charge is 1.93. The number of ether oxygens (including phenoxy) is 1. The van der Waals surface area contributed by atoms with Gasteiger partial charge in [0, 0.05) is 19.2 Å². The van der Waals surface area contributed by atoms with Gasteiger partial charge in [-0.05, 0) is 0 Å². The lowest BCUT2D eigenvalue weighted by Crippen LogP contribution is -3.00. The van der Waals surface area contributed by atoms with Gasteiger partial charge in [-0.1, -0.05) is 6.07 Å². The summed E-state index contributed by atoms with van der Waals surface area (Å²) < 4.78 is 7.01. The van der Waals surface area contributed by atoms with Crippen LogP contribution >= 0.6 is 0 Å². The van der Waals surface area contributed by atoms with Gasteiger partial charge in [0.15, 0.2) is 18.9 Å². The van der Waals surface area contributed by atoms with Crippen LogP contribution in [0.4, 0.5) is 0 Å². The molecule has 0 aliphatic heterocycles. The molecule has 62 valence electrons. The highest BCUT2D eigenvalue weighted by molar-refractivity contribution is 4.83. The minimum absolute atomic E-state index is 0. The second-order valence-corrected chi connectivity index (χ2v) is 2.11. The number of hydrogen-bond acceptors (Lipinski definition) is 1. The lowest BCUT2D eigenvalue weighted by atomic mass is 10.5. The molecule has 0 unspecified atom stereocenters. The molecule has 0 saturated heterocycles. The lowest BCUT2D eigenvalue weighted by molar-refractivity contribution is -0.698. The quantitative estimate of drug-likeness (QED) is 0.466. The Hall–Kier alpha value is -0.600. The first-order valence-electron chi connectivity index (χ1n) is 3.36. The Kier molecular flexibility index (Phi) is 5.80. The maximum atomic E-state index is 4.92. The third-order valence-electron chi connectivity index (χ3n) is 1.33. The minimum Gasteiger partial charge on any atom is -1.00 e. The van der Waals surface area contributed by atoms with Crippen molar-refractivity contribution in [3.8, 4) is 0 Å². The monoisotopic (exact) mass is 173 g/mol. The summed E-state index contributed by atoms with van der Waals surface area (Å²) in [5.74, 6) is 0. The number of nitrogens with zero attached hydrogens (tertiary/aromatic N) is 1. The van der Waals surface area contributed by atoms with Crippen molar-refractivity contribution < 1.29 is 21.7 Å². The van der Waals surface area contributed by atoms with Crippen molar-refractivity contribution in [2.45, 2.75) is 6.54 Å². The number of halogens is 1. The smallest absolute Gasteiger partial charge is 0.171 e. The lowest BCUT2D eigenvalue weighted by Gasteiger charge is -1.93. The molecule has 0 aliphatic rings. The summed E-state index contributed by atoms with van der Waals surface area (Å²) in [5, 5.41) is 0. The fourth-order valence-corrected chi connectivity index (χ4v) is 0.780. The van der Waals surface area contributed by atoms with Crippen molar-refractivity contribution in [1.82, 2.24) is 0 Å². The third kappa shape index (κ3) is 3.96. The summed E-state index contributed by atoms with van der Waals surface area (Å²) in [4.78, 5) is 0. The topological polar surface area (TPSA) is 13.1 Å². The molecule has 0 spiro atoms. The molecular formula is C8H12ClNO. The first kappa shape index (κ1) is 10.4. The molecule has 11 heavy (non-hydrogen) atoms. The number of aromatic nitrogens is 1. The maximum Gasteiger partial charge on any atom is 0.171 e. The molecule has 0 radical (unpaired) electrons. The highest BCUT2D eigenvalue weighted by atomic mass is 35.5. The van der Waals surface area contributed by atoms with Gasteiger partial charge < -0.3 is 17.1 Å². The Morgan fingerprint density at radius 2 is 1.82 bits per heavy atom. The van der Waals surface area contributed by atoms with Gasteiger partial charge >= 0.3 is 0 Å². The van der Waals surface area contributed by atoms with Crippen molar-refractivity contribution in [1.29, 1.82) is 0 Å². The molecule has 1 aromatic heterocycles. The van der Waals surface area contributed by atoms with Crippen LogP contribution < -0.4 is 17.0 Å². The Bertz CT molecular complexity index is 179. The minimum atomic E-state index is 0. The van der Waals surface area contributed by atoms with Crippen LogP contribution in [0.3, 0.4) is 0 Å². The molecule has 1 rings (SSSR count). The predicted octanol–water partition coefficient (Wildman–Crippen LogP) is -2.38. The zero-order valence-electron chi connectivity index (χ0n) is 6.53. The van der Waals surface area contributed by atoms with Crippen LogP contribution in [0.15, 0.2) is 30.6 Å². The summed E-state index contributed by atoms with van der Waals surface area (Å²) in [5.41, 5.74) is 0. The molecular weight excluding hydrogens is 162 g/mol. The molecule has 0 bridgehead atoms. The van der Waals surface area contributed by atoms with Gasteiger partial charge in [-0.25, -0.2) is 4.57 Å². The van der Waals surface area contributed by atoms with Crippen molar-refractivity contribution in [3.05, 3.63) is 30.6 Å². The Morgan fingerprint density at radius 1 is 1.18 bits per heavy atom. The van der Waals surface area contributed by atoms with Crippen LogP contribution in [0.5, 0.6) is 0 Å². The van der Waals surface area contributed by atoms with E-state index in [4.69, 9.17) is 4.74 Å². The van der Waals surface area contributed by atoms with Crippen LogP contribution in [0, 0.1) is 0 Å². The van der Waals surface area contributed by atoms with E-state index in [2.05, 4.69) is 4.57 Å². The zero-order valence-corrected chi connectivity index (χ0v) is 7.29. The van der Waals surface area contributed by atoms with Crippen LogP contribution in [0.25, 0.3) is 0 Å². The van der Waals surface area contributed by atoms with E-state index in [0.29, 0.717) is 0 Å². The summed E-state index contributed by atoms with van der Waals surface area (Å²) in [6, 6.07) is 6.02. The molecule has 0 amide bonds. The molecule has 2 nitrogen and oxygen atoms in total. The average Bonchev–Trinajstić information content (AvgIpc) is 2.03. The Balaban J connectivity index is 0.000001000. The van der Waals surface area contributed by atoms with Gasteiger partial charge in [0.1, 0.15) is 6.61 Å². The number of methoxy groups -OCH3 is 1. The fraction of sp³-hybridized carbons (Fsp3) is 0.375. The molecule has 1 aromatic rings. The van der Waals surface area contributed by atoms with Gasteiger partial charge in [-0.15, -0.1) is 0 Å². The van der Waals surface area contributed by atoms with E-state index in [1.54, 1.807) is 7.11 Å². The number of pyridine rings is 1. The maximum absolute atomic E-state index is 4.92. The normalized spacial score (nSPS) is 8.82. The van der Waals surface area contributed by atoms with E-state index in [1.165, 1.54) is 0 Å². The molecule has 1 heterocycles. The predicted molar refractivity (Wildman–Crippen MR) is 38.5 cm³/mol. The van der Waals surface area contributed by atoms with Crippen molar-refractivity contribution in [2.24, 2.45) is 0 Å². The summed E-state index contributed by atoms with van der Waals surface area (Å²) in [6.45, 7) is 1.70. The summed E-state index contributed by atoms with van der Waals surface area (Å²) >= 11 is 0. The first-order chi connectivity index (χ1) is 4.93. The van der Waals surface area contributed by atoms with Crippen molar-refractivity contribution in [3.63, 3.8) is 0 Å². The van der Waals surface area contributed by atoms with Crippen LogP contribution in [0.2, 0.25) is 0 Å². The number of rotatable bonds is 3. The first-order valence-corrected chi connectivity index (χ1v) is 3.36. The second-order valence-electron chi connectivity index (χ2n) is 2.11. The molecule has 0 saturated carbocycles. The van der Waals surface area contributed by atoms with E-state index < -0.39 is 0 Å². The second kappa shape index (κ2) is 6.13. The average molecular weight is 174 g/mol. The van der Waals surface area contributed by atoms with Gasteiger partial charge in [-0.3, -0.25) is 0 Å². The van der Waals surface area contributed by atoms with Crippen LogP contribution in [-0.2, 0) is 11.3 Å². The zero-order chi connectivity index (χ0) is 7.23. The van der Waals surface area contributed by atoms with Crippen molar-refractivity contribution >= 4 is 0 Å². The van der Waals surface area contributed by atoms with E-state index in [0.717, 1.165) is 13.2 Å². The van der Waals surface area contributed by atoms with E-state index in [1.807, 2.05) is 30.6 Å². The summed E-state index contributed by atoms with van der Waals surface area (Å²) in [7, 11) is 1.71. The number of hydrogen-bond donors (Lipinski definition) is 0. The highest BCUT2D eigenvalue weighted by Crippen LogP contribution is 1.76. The van der Waals surface area contributed by atoms with Crippen LogP contribution in [-0.4, -0.2) is 13.7 Å². The van der Waals surface area contributed by atoms with E-state index >= 15 is 0 Å². The molecule has 0 atom stereocenters. The fourth-order valence-electron chi connectivity index (χ4n) is 0.780. The Labute approximate surface area is 73.2 Å². The summed E-state index contributed by atoms with van der Waals surface area (Å²) in [6.07, 6.45) is 4.05. The molecule has 0 N–H and O–H groups in total. The molecule has 0 aliphatic carbocycles. The van der Waals surface area contributed by atoms with E-state index in [9.17, 15) is 0 Å². The van der Waals surface area contributed by atoms with E-state index in [-0.39, 0.29) is 12.4 Å². The van der Waals surface area contributed by atoms with Gasteiger partial charge in [0.2, 0.25) is 0 Å². The molecule has 3 heteroatoms.